The molecular formula is C24H25F3N4O3. The first kappa shape index (κ1) is 23.9. The molecule has 2 aliphatic rings. The third-order valence-electron chi connectivity index (χ3n) is 5.80. The molecule has 4 rings (SSSR count). The van der Waals surface area contributed by atoms with Gasteiger partial charge in [-0.2, -0.15) is 0 Å². The van der Waals surface area contributed by atoms with Crippen LogP contribution >= 0.6 is 0 Å². The Balaban J connectivity index is 1.89. The van der Waals surface area contributed by atoms with Crippen LogP contribution in [0.15, 0.2) is 52.8 Å². The second kappa shape index (κ2) is 9.94. The summed E-state index contributed by atoms with van der Waals surface area (Å²) in [6.07, 6.45) is 0.893. The van der Waals surface area contributed by atoms with E-state index in [-0.39, 0.29) is 23.7 Å². The van der Waals surface area contributed by atoms with Crippen LogP contribution in [0.4, 0.5) is 13.2 Å². The van der Waals surface area contributed by atoms with Gasteiger partial charge in [0.15, 0.2) is 11.7 Å². The lowest BCUT2D eigenvalue weighted by Gasteiger charge is -2.37. The predicted octanol–water partition coefficient (Wildman–Crippen LogP) is 2.91. The van der Waals surface area contributed by atoms with E-state index < -0.39 is 29.0 Å². The third kappa shape index (κ3) is 4.83. The molecule has 0 bridgehead atoms. The molecule has 10 heteroatoms. The van der Waals surface area contributed by atoms with E-state index in [0.717, 1.165) is 6.20 Å². The maximum absolute atomic E-state index is 14.7. The van der Waals surface area contributed by atoms with Crippen LogP contribution < -0.4 is 5.32 Å². The molecule has 1 atom stereocenters. The van der Waals surface area contributed by atoms with Gasteiger partial charge in [0.25, 0.3) is 0 Å². The molecule has 0 radical (unpaired) electrons. The van der Waals surface area contributed by atoms with Crippen molar-refractivity contribution in [3.05, 3.63) is 76.5 Å². The van der Waals surface area contributed by atoms with Crippen molar-refractivity contribution in [2.75, 3.05) is 39.5 Å². The molecule has 3 heterocycles. The summed E-state index contributed by atoms with van der Waals surface area (Å²) in [6.45, 7) is 6.13. The highest BCUT2D eigenvalue weighted by Crippen LogP contribution is 2.39. The van der Waals surface area contributed by atoms with Gasteiger partial charge in [0.05, 0.1) is 31.6 Å². The molecule has 1 N–H and O–H groups in total. The van der Waals surface area contributed by atoms with E-state index in [4.69, 9.17) is 9.47 Å². The zero-order valence-electron chi connectivity index (χ0n) is 18.9. The number of nitrogens with zero attached hydrogens (tertiary/aromatic N) is 3. The highest BCUT2D eigenvalue weighted by atomic mass is 19.1. The van der Waals surface area contributed by atoms with Gasteiger partial charge in [-0.25, -0.2) is 27.9 Å². The minimum absolute atomic E-state index is 0.0284. The standard InChI is InChI=1S/C24H25F3N4O3/c1-3-34-23(32)20-19(14-31-8-10-33-11-9-31)29-22(21-18(27)12-17(26)13-28-21)30-24(20,2)15-4-6-16(25)7-5-15/h4-7,12-13H,3,8-11,14H2,1-2H3,(H,29,30). The molecule has 1 unspecified atom stereocenters. The summed E-state index contributed by atoms with van der Waals surface area (Å²) >= 11 is 0. The molecule has 1 saturated heterocycles. The third-order valence-corrected chi connectivity index (χ3v) is 5.80. The number of esters is 1. The number of rotatable bonds is 6. The van der Waals surface area contributed by atoms with Crippen LogP contribution in [0.3, 0.4) is 0 Å². The number of hydrogen-bond acceptors (Lipinski definition) is 7. The molecule has 34 heavy (non-hydrogen) atoms. The first-order valence-corrected chi connectivity index (χ1v) is 11.0. The lowest BCUT2D eigenvalue weighted by Crippen LogP contribution is -2.47. The topological polar surface area (TPSA) is 76.0 Å². The van der Waals surface area contributed by atoms with E-state index in [2.05, 4.69) is 20.2 Å². The Morgan fingerprint density at radius 3 is 2.53 bits per heavy atom. The van der Waals surface area contributed by atoms with E-state index in [9.17, 15) is 18.0 Å². The average molecular weight is 474 g/mol. The maximum Gasteiger partial charge on any atom is 0.338 e. The molecule has 2 aromatic rings. The number of benzene rings is 1. The SMILES string of the molecule is CCOC(=O)C1=C(CN2CCOCC2)NC(c2ncc(F)cc2F)=NC1(C)c1ccc(F)cc1. The largest absolute Gasteiger partial charge is 0.463 e. The monoisotopic (exact) mass is 474 g/mol. The van der Waals surface area contributed by atoms with Crippen LogP contribution in [0, 0.1) is 17.5 Å². The molecule has 7 nitrogen and oxygen atoms in total. The molecule has 2 aliphatic heterocycles. The van der Waals surface area contributed by atoms with Crippen LogP contribution in [-0.4, -0.2) is 61.1 Å². The first-order chi connectivity index (χ1) is 16.3. The first-order valence-electron chi connectivity index (χ1n) is 11.0. The predicted molar refractivity (Wildman–Crippen MR) is 118 cm³/mol. The number of carbonyl (C=O) groups excluding carboxylic acids is 1. The molecular weight excluding hydrogens is 449 g/mol. The Bertz CT molecular complexity index is 1130. The van der Waals surface area contributed by atoms with Gasteiger partial charge in [0.1, 0.15) is 22.9 Å². The number of amidine groups is 1. The van der Waals surface area contributed by atoms with Crippen LogP contribution in [0.2, 0.25) is 0 Å². The number of aliphatic imine (C=N–C) groups is 1. The Hall–Kier alpha value is -3.24. The molecule has 0 saturated carbocycles. The highest BCUT2D eigenvalue weighted by Gasteiger charge is 2.43. The summed E-state index contributed by atoms with van der Waals surface area (Å²) in [5.41, 5.74) is -0.388. The van der Waals surface area contributed by atoms with E-state index in [1.807, 2.05) is 0 Å². The van der Waals surface area contributed by atoms with Gasteiger partial charge in [-0.1, -0.05) is 12.1 Å². The van der Waals surface area contributed by atoms with Gasteiger partial charge < -0.3 is 14.8 Å². The van der Waals surface area contributed by atoms with Crippen molar-refractivity contribution in [2.45, 2.75) is 19.4 Å². The summed E-state index contributed by atoms with van der Waals surface area (Å²) in [7, 11) is 0. The van der Waals surface area contributed by atoms with Crippen molar-refractivity contribution in [3.8, 4) is 0 Å². The number of ether oxygens (including phenoxy) is 2. The van der Waals surface area contributed by atoms with Gasteiger partial charge in [0, 0.05) is 31.4 Å². The second-order valence-corrected chi connectivity index (χ2v) is 8.11. The average Bonchev–Trinajstić information content (AvgIpc) is 2.80. The van der Waals surface area contributed by atoms with Gasteiger partial charge in [-0.15, -0.1) is 0 Å². The van der Waals surface area contributed by atoms with Crippen molar-refractivity contribution in [1.29, 1.82) is 0 Å². The van der Waals surface area contributed by atoms with Crippen molar-refractivity contribution < 1.29 is 27.4 Å². The molecule has 1 fully saturated rings. The zero-order chi connectivity index (χ0) is 24.3. The minimum atomic E-state index is -1.36. The fraction of sp³-hybridized carbons (Fsp3) is 0.375. The molecule has 1 aromatic heterocycles. The fourth-order valence-electron chi connectivity index (χ4n) is 4.12. The number of halogens is 3. The number of nitrogens with one attached hydrogen (secondary N) is 1. The van der Waals surface area contributed by atoms with Crippen LogP contribution in [0.5, 0.6) is 0 Å². The van der Waals surface area contributed by atoms with Gasteiger partial charge in [-0.3, -0.25) is 4.90 Å². The van der Waals surface area contributed by atoms with E-state index in [1.54, 1.807) is 13.8 Å². The summed E-state index contributed by atoms with van der Waals surface area (Å²) in [4.78, 5) is 23.8. The Labute approximate surface area is 195 Å². The summed E-state index contributed by atoms with van der Waals surface area (Å²) in [6, 6.07) is 6.27. The highest BCUT2D eigenvalue weighted by molar-refractivity contribution is 6.03. The Kier molecular flexibility index (Phi) is 6.99. The Morgan fingerprint density at radius 1 is 1.18 bits per heavy atom. The number of aromatic nitrogens is 1. The molecule has 180 valence electrons. The van der Waals surface area contributed by atoms with E-state index in [1.165, 1.54) is 24.3 Å². The van der Waals surface area contributed by atoms with E-state index >= 15 is 0 Å². The molecule has 0 aliphatic carbocycles. The normalized spacial score (nSPS) is 21.1. The van der Waals surface area contributed by atoms with Crippen molar-refractivity contribution in [1.82, 2.24) is 15.2 Å². The van der Waals surface area contributed by atoms with Gasteiger partial charge in [-0.05, 0) is 31.5 Å². The van der Waals surface area contributed by atoms with Gasteiger partial charge in [0.2, 0.25) is 0 Å². The van der Waals surface area contributed by atoms with Crippen LogP contribution in [-0.2, 0) is 19.8 Å². The quantitative estimate of drug-likeness (QED) is 0.649. The van der Waals surface area contributed by atoms with Crippen molar-refractivity contribution in [2.24, 2.45) is 4.99 Å². The molecule has 0 spiro atoms. The Morgan fingerprint density at radius 2 is 1.88 bits per heavy atom. The van der Waals surface area contributed by atoms with Crippen molar-refractivity contribution >= 4 is 11.8 Å². The van der Waals surface area contributed by atoms with Gasteiger partial charge >= 0.3 is 5.97 Å². The van der Waals surface area contributed by atoms with E-state index in [0.29, 0.717) is 50.2 Å². The lowest BCUT2D eigenvalue weighted by atomic mass is 9.82. The second-order valence-electron chi connectivity index (χ2n) is 8.11. The maximum atomic E-state index is 14.7. The number of hydrogen-bond donors (Lipinski definition) is 1. The number of carbonyl (C=O) groups is 1. The summed E-state index contributed by atoms with van der Waals surface area (Å²) in [5, 5.41) is 3.05. The van der Waals surface area contributed by atoms with Crippen LogP contribution in [0.25, 0.3) is 0 Å². The summed E-state index contributed by atoms with van der Waals surface area (Å²) in [5.74, 6) is -2.75. The number of morpholine rings is 1. The fourth-order valence-corrected chi connectivity index (χ4v) is 4.12. The summed E-state index contributed by atoms with van der Waals surface area (Å²) < 4.78 is 52.7. The molecule has 1 aromatic carbocycles. The smallest absolute Gasteiger partial charge is 0.338 e. The van der Waals surface area contributed by atoms with Crippen molar-refractivity contribution in [3.63, 3.8) is 0 Å². The van der Waals surface area contributed by atoms with Crippen LogP contribution in [0.1, 0.15) is 25.1 Å². The number of pyridine rings is 1. The lowest BCUT2D eigenvalue weighted by molar-refractivity contribution is -0.139. The minimum Gasteiger partial charge on any atom is -0.463 e. The zero-order valence-corrected chi connectivity index (χ0v) is 18.9. The molecule has 0 amide bonds.